The van der Waals surface area contributed by atoms with Crippen LogP contribution in [0.25, 0.3) is 66.6 Å². The quantitative estimate of drug-likeness (QED) is 0.155. The fraction of sp³-hybridized carbons (Fsp3) is 0.250. The van der Waals surface area contributed by atoms with Crippen molar-refractivity contribution < 1.29 is 43.9 Å². The summed E-state index contributed by atoms with van der Waals surface area (Å²) in [6.45, 7) is 14.4. The fourth-order valence-electron chi connectivity index (χ4n) is 8.09. The van der Waals surface area contributed by atoms with Gasteiger partial charge in [0.25, 0.3) is 0 Å². The van der Waals surface area contributed by atoms with Crippen LogP contribution in [0.2, 0.25) is 16.6 Å². The van der Waals surface area contributed by atoms with E-state index in [9.17, 15) is 0 Å². The fourth-order valence-corrected chi connectivity index (χ4v) is 14.6. The molecular formula is C40H45N6NaO3Si. The summed E-state index contributed by atoms with van der Waals surface area (Å²) < 4.78 is 15.1. The van der Waals surface area contributed by atoms with Gasteiger partial charge in [-0.2, -0.15) is 0 Å². The van der Waals surface area contributed by atoms with Gasteiger partial charge in [-0.1, -0.05) is 41.5 Å². The number of hydrogen-bond donors (Lipinski definition) is 2. The molecule has 0 saturated carbocycles. The normalized spacial score (nSPS) is 11.6. The monoisotopic (exact) mass is 708 g/mol. The molecule has 11 heteroatoms. The summed E-state index contributed by atoms with van der Waals surface area (Å²) in [5.74, 6) is 0. The topological polar surface area (TPSA) is 124 Å². The van der Waals surface area contributed by atoms with E-state index in [0.717, 1.165) is 61.0 Å². The van der Waals surface area contributed by atoms with Crippen LogP contribution in [-0.2, 0) is 7.05 Å². The van der Waals surface area contributed by atoms with Crippen LogP contribution >= 0.6 is 0 Å². The Bertz CT molecular complexity index is 2270. The van der Waals surface area contributed by atoms with Crippen molar-refractivity contribution in [3.05, 3.63) is 111 Å². The van der Waals surface area contributed by atoms with E-state index in [1.54, 1.807) is 25.1 Å². The molecular weight excluding hydrogens is 664 g/mol. The van der Waals surface area contributed by atoms with Crippen molar-refractivity contribution in [1.82, 2.24) is 28.7 Å². The Morgan fingerprint density at radius 2 is 1.31 bits per heavy atom. The third kappa shape index (κ3) is 6.86. The summed E-state index contributed by atoms with van der Waals surface area (Å²) >= 11 is 0. The van der Waals surface area contributed by atoms with E-state index in [-0.39, 0.29) is 35.0 Å². The first kappa shape index (κ1) is 37.9. The smallest absolute Gasteiger partial charge is 0.870 e. The van der Waals surface area contributed by atoms with Gasteiger partial charge in [0.15, 0.2) is 8.24 Å². The van der Waals surface area contributed by atoms with Gasteiger partial charge >= 0.3 is 29.6 Å². The van der Waals surface area contributed by atoms with E-state index >= 15 is 0 Å². The molecule has 0 radical (unpaired) electrons. The molecule has 0 aliphatic carbocycles. The molecule has 51 heavy (non-hydrogen) atoms. The number of nitrogens with one attached hydrogen (secondary N) is 2. The molecule has 8 aromatic heterocycles. The first-order chi connectivity index (χ1) is 23.7. The van der Waals surface area contributed by atoms with Crippen molar-refractivity contribution in [3.8, 4) is 44.5 Å². The van der Waals surface area contributed by atoms with E-state index in [4.69, 9.17) is 13.8 Å². The molecule has 0 aliphatic heterocycles. The number of rotatable bonds is 8. The van der Waals surface area contributed by atoms with Gasteiger partial charge in [-0.15, -0.1) is 0 Å². The van der Waals surface area contributed by atoms with Crippen LogP contribution < -0.4 is 29.6 Å². The van der Waals surface area contributed by atoms with Crippen molar-refractivity contribution in [1.29, 1.82) is 0 Å². The zero-order chi connectivity index (χ0) is 34.3. The Hall–Kier alpha value is -4.32. The van der Waals surface area contributed by atoms with Crippen LogP contribution in [0.4, 0.5) is 0 Å². The molecule has 0 atom stereocenters. The summed E-state index contributed by atoms with van der Waals surface area (Å²) in [5, 5.41) is 2.25. The van der Waals surface area contributed by atoms with Gasteiger partial charge in [0.2, 0.25) is 0 Å². The minimum Gasteiger partial charge on any atom is -0.870 e. The Morgan fingerprint density at radius 1 is 0.686 bits per heavy atom. The van der Waals surface area contributed by atoms with Crippen LogP contribution in [0.15, 0.2) is 120 Å². The van der Waals surface area contributed by atoms with E-state index in [1.165, 1.54) is 5.56 Å². The second-order valence-electron chi connectivity index (χ2n) is 13.9. The predicted molar refractivity (Wildman–Crippen MR) is 204 cm³/mol. The van der Waals surface area contributed by atoms with Crippen molar-refractivity contribution in [2.24, 2.45) is 7.05 Å². The first-order valence-corrected chi connectivity index (χ1v) is 19.2. The predicted octanol–water partition coefficient (Wildman–Crippen LogP) is 7.97. The summed E-state index contributed by atoms with van der Waals surface area (Å²) in [6.07, 6.45) is 23.5. The van der Waals surface area contributed by atoms with Crippen molar-refractivity contribution in [3.63, 3.8) is 0 Å². The molecule has 0 bridgehead atoms. The first-order valence-electron chi connectivity index (χ1n) is 17.0. The molecule has 0 fully saturated rings. The number of nitrogens with zero attached hydrogens (tertiary/aromatic N) is 4. The Labute approximate surface area is 321 Å². The third-order valence-corrected chi connectivity index (χ3v) is 16.9. The average Bonchev–Trinajstić information content (AvgIpc) is 3.92. The Kier molecular flexibility index (Phi) is 11.5. The molecule has 9 nitrogen and oxygen atoms in total. The summed E-state index contributed by atoms with van der Waals surface area (Å²) in [7, 11) is 0.305. The maximum atomic E-state index is 5.32. The van der Waals surface area contributed by atoms with E-state index in [0.29, 0.717) is 16.6 Å². The Balaban J connectivity index is 0.000000207. The number of aromatic nitrogens is 6. The third-order valence-electron chi connectivity index (χ3n) is 10.2. The molecule has 258 valence electrons. The molecule has 8 rings (SSSR count). The molecule has 8 heterocycles. The van der Waals surface area contributed by atoms with E-state index in [2.05, 4.69) is 102 Å². The summed E-state index contributed by atoms with van der Waals surface area (Å²) in [4.78, 5) is 15.5. The van der Waals surface area contributed by atoms with Crippen LogP contribution in [-0.4, -0.2) is 42.4 Å². The Morgan fingerprint density at radius 3 is 1.92 bits per heavy atom. The maximum absolute atomic E-state index is 5.32. The zero-order valence-electron chi connectivity index (χ0n) is 30.7. The van der Waals surface area contributed by atoms with Gasteiger partial charge < -0.3 is 33.1 Å². The number of hydrogen-bond acceptors (Lipinski definition) is 5. The molecule has 3 N–H and O–H groups in total. The SMILES string of the molecule is CC(C)[Si](C(C)C)(C(C)C)n1ccc(-c2cnc3c(c2)c(-c2ccoc2)cn3C)c1.[Na+].[OH-].c1cc(-c2cnc3[nH]cc(-c4ccoc4)c3c2)c[nH]1. The van der Waals surface area contributed by atoms with Crippen molar-refractivity contribution in [2.45, 2.75) is 58.2 Å². The van der Waals surface area contributed by atoms with Gasteiger partial charge in [0, 0.05) is 106 Å². The standard InChI is InChI=1S/C25H33N3OSi.C15H11N3O.Na.H2O/c1-17(2)30(18(3)4,19(5)6)28-10-8-20(14-28)22-12-23-24(21-9-11-29-16-21)15-27(7)25(23)26-13-22;1-3-16-6-10(1)12-5-13-14(11-2-4-19-9-11)8-18-15(13)17-7-12;;/h8-19H,1-7H3;1-9,16H,(H,17,18);;1H2/q;;+1;/p-1. The number of aromatic amines is 2. The maximum Gasteiger partial charge on any atom is 1.00 e. The number of H-pyrrole nitrogens is 2. The number of fused-ring (bicyclic) bond motifs is 2. The molecule has 0 saturated heterocycles. The van der Waals surface area contributed by atoms with Crippen molar-refractivity contribution >= 4 is 30.3 Å². The second kappa shape index (κ2) is 15.5. The molecule has 8 aromatic rings. The molecule has 0 spiro atoms. The van der Waals surface area contributed by atoms with Crippen LogP contribution in [0, 0.1) is 0 Å². The minimum absolute atomic E-state index is 0. The van der Waals surface area contributed by atoms with Crippen molar-refractivity contribution in [2.75, 3.05) is 0 Å². The van der Waals surface area contributed by atoms with Gasteiger partial charge in [0.05, 0.1) is 25.1 Å². The summed E-state index contributed by atoms with van der Waals surface area (Å²) in [5.41, 5.74) is 12.9. The van der Waals surface area contributed by atoms with Crippen LogP contribution in [0.3, 0.4) is 0 Å². The van der Waals surface area contributed by atoms with Gasteiger partial charge in [0.1, 0.15) is 11.3 Å². The van der Waals surface area contributed by atoms with Crippen LogP contribution in [0.5, 0.6) is 0 Å². The minimum atomic E-state index is -1.74. The molecule has 0 aromatic carbocycles. The average molecular weight is 709 g/mol. The molecule has 0 aliphatic rings. The van der Waals surface area contributed by atoms with Gasteiger partial charge in [-0.25, -0.2) is 9.97 Å². The molecule has 0 amide bonds. The van der Waals surface area contributed by atoms with Gasteiger partial charge in [-0.05, 0) is 59.2 Å². The number of furan rings is 2. The van der Waals surface area contributed by atoms with Crippen LogP contribution in [0.1, 0.15) is 41.5 Å². The van der Waals surface area contributed by atoms with Gasteiger partial charge in [-0.3, -0.25) is 0 Å². The van der Waals surface area contributed by atoms with E-state index < -0.39 is 8.24 Å². The zero-order valence-corrected chi connectivity index (χ0v) is 33.7. The second-order valence-corrected chi connectivity index (χ2v) is 19.6. The molecule has 0 unspecified atom stereocenters. The largest absolute Gasteiger partial charge is 1.00 e. The number of aryl methyl sites for hydroxylation is 1. The summed E-state index contributed by atoms with van der Waals surface area (Å²) in [6, 6.07) is 12.7. The van der Waals surface area contributed by atoms with E-state index in [1.807, 2.05) is 56.2 Å². The number of pyridine rings is 2.